The van der Waals surface area contributed by atoms with E-state index in [1.54, 1.807) is 28.1 Å². The number of nitrogens with two attached hydrogens (primary N) is 1. The number of benzene rings is 2. The Labute approximate surface area is 178 Å². The summed E-state index contributed by atoms with van der Waals surface area (Å²) in [5.74, 6) is -1.53. The molecule has 2 heterocycles. The number of hydrogen-bond acceptors (Lipinski definition) is 7. The summed E-state index contributed by atoms with van der Waals surface area (Å²) in [5.41, 5.74) is 3.04. The van der Waals surface area contributed by atoms with E-state index in [2.05, 4.69) is 5.43 Å². The Morgan fingerprint density at radius 2 is 1.71 bits per heavy atom. The van der Waals surface area contributed by atoms with Gasteiger partial charge in [0, 0.05) is 13.1 Å². The first-order chi connectivity index (χ1) is 14.7. The molecule has 4 rings (SSSR count). The number of aliphatic carboxylic acids is 1. The Hall–Kier alpha value is -2.83. The molecule has 31 heavy (non-hydrogen) atoms. The van der Waals surface area contributed by atoms with Crippen LogP contribution >= 0.6 is 0 Å². The molecule has 2 aliphatic heterocycles. The number of nitrogens with zero attached hydrogens (tertiary/aromatic N) is 2. The van der Waals surface area contributed by atoms with Crippen LogP contribution in [0.4, 0.5) is 10.1 Å². The summed E-state index contributed by atoms with van der Waals surface area (Å²) >= 11 is 0. The van der Waals surface area contributed by atoms with Gasteiger partial charge in [-0.1, -0.05) is 0 Å². The van der Waals surface area contributed by atoms with E-state index in [1.165, 1.54) is 36.4 Å². The van der Waals surface area contributed by atoms with Crippen LogP contribution in [0.2, 0.25) is 0 Å². The van der Waals surface area contributed by atoms with Crippen LogP contribution in [0.3, 0.4) is 0 Å². The van der Waals surface area contributed by atoms with E-state index in [0.717, 1.165) is 0 Å². The normalized spacial score (nSPS) is 22.4. The van der Waals surface area contributed by atoms with Gasteiger partial charge < -0.3 is 9.84 Å². The minimum Gasteiger partial charge on any atom is -0.479 e. The van der Waals surface area contributed by atoms with E-state index in [9.17, 15) is 22.7 Å². The second-order valence-corrected chi connectivity index (χ2v) is 8.75. The standard InChI is InChI=1S/C20H21FN4O5S/c21-15-3-1-14(2-4-15)18-13-20(19(26)27,24-9-11-30-12-10-24)23-25(18)16-5-7-17(8-6-16)31(22,28)29/h1-8,13,23H,9-12H2,(H,26,27)(H2,22,28,29). The molecule has 1 fully saturated rings. The number of ether oxygens (including phenoxy) is 1. The smallest absolute Gasteiger partial charge is 0.345 e. The van der Waals surface area contributed by atoms with Crippen molar-refractivity contribution in [2.45, 2.75) is 10.6 Å². The Kier molecular flexibility index (Phi) is 5.54. The van der Waals surface area contributed by atoms with Crippen LogP contribution in [0.5, 0.6) is 0 Å². The quantitative estimate of drug-likeness (QED) is 0.618. The first kappa shape index (κ1) is 21.4. The average Bonchev–Trinajstić information content (AvgIpc) is 3.17. The highest BCUT2D eigenvalue weighted by atomic mass is 32.2. The molecule has 11 heteroatoms. The number of rotatable bonds is 5. The van der Waals surface area contributed by atoms with Gasteiger partial charge in [-0.2, -0.15) is 5.43 Å². The summed E-state index contributed by atoms with van der Waals surface area (Å²) in [7, 11) is -3.88. The van der Waals surface area contributed by atoms with Crippen LogP contribution in [0.15, 0.2) is 59.5 Å². The van der Waals surface area contributed by atoms with Crippen LogP contribution in [-0.4, -0.2) is 56.4 Å². The third-order valence-corrected chi connectivity index (χ3v) is 6.20. The number of carboxylic acids is 1. The number of hydrazine groups is 1. The minimum atomic E-state index is -3.88. The van der Waals surface area contributed by atoms with Gasteiger partial charge in [0.1, 0.15) is 5.82 Å². The molecule has 1 atom stereocenters. The highest BCUT2D eigenvalue weighted by Gasteiger charge is 2.49. The van der Waals surface area contributed by atoms with Crippen molar-refractivity contribution < 1.29 is 27.4 Å². The Morgan fingerprint density at radius 1 is 1.10 bits per heavy atom. The third kappa shape index (κ3) is 4.05. The molecule has 0 spiro atoms. The van der Waals surface area contributed by atoms with Crippen molar-refractivity contribution in [3.63, 3.8) is 0 Å². The molecular weight excluding hydrogens is 427 g/mol. The molecule has 164 valence electrons. The Bertz CT molecular complexity index is 1120. The number of morpholine rings is 1. The number of carbonyl (C=O) groups is 1. The molecule has 1 saturated heterocycles. The van der Waals surface area contributed by atoms with E-state index in [0.29, 0.717) is 43.3 Å². The summed E-state index contributed by atoms with van der Waals surface area (Å²) in [6, 6.07) is 11.4. The van der Waals surface area contributed by atoms with E-state index in [4.69, 9.17) is 9.88 Å². The molecule has 0 aromatic heterocycles. The summed E-state index contributed by atoms with van der Waals surface area (Å²) in [4.78, 5) is 14.1. The van der Waals surface area contributed by atoms with Crippen LogP contribution in [-0.2, 0) is 19.6 Å². The van der Waals surface area contributed by atoms with Crippen LogP contribution < -0.4 is 15.6 Å². The number of anilines is 1. The van der Waals surface area contributed by atoms with Crippen molar-refractivity contribution in [1.29, 1.82) is 0 Å². The molecule has 0 aliphatic carbocycles. The molecule has 0 saturated carbocycles. The van der Waals surface area contributed by atoms with Crippen molar-refractivity contribution in [1.82, 2.24) is 10.3 Å². The van der Waals surface area contributed by atoms with Gasteiger partial charge in [-0.05, 0) is 60.2 Å². The summed E-state index contributed by atoms with van der Waals surface area (Å²) in [5, 5.41) is 16.9. The molecule has 0 amide bonds. The topological polar surface area (TPSA) is 125 Å². The summed E-state index contributed by atoms with van der Waals surface area (Å²) < 4.78 is 42.0. The van der Waals surface area contributed by atoms with E-state index in [1.807, 2.05) is 0 Å². The molecule has 0 radical (unpaired) electrons. The van der Waals surface area contributed by atoms with Crippen molar-refractivity contribution in [3.05, 3.63) is 66.0 Å². The number of sulfonamides is 1. The Balaban J connectivity index is 1.80. The van der Waals surface area contributed by atoms with Crippen molar-refractivity contribution >= 4 is 27.4 Å². The maximum Gasteiger partial charge on any atom is 0.345 e. The van der Waals surface area contributed by atoms with Gasteiger partial charge in [-0.25, -0.2) is 22.7 Å². The van der Waals surface area contributed by atoms with Gasteiger partial charge in [0.15, 0.2) is 0 Å². The number of carboxylic acid groups (broad SMARTS) is 1. The van der Waals surface area contributed by atoms with Crippen LogP contribution in [0.1, 0.15) is 5.56 Å². The monoisotopic (exact) mass is 448 g/mol. The molecule has 0 bridgehead atoms. The third-order valence-electron chi connectivity index (χ3n) is 5.27. The molecule has 2 aliphatic rings. The first-order valence-electron chi connectivity index (χ1n) is 9.46. The lowest BCUT2D eigenvalue weighted by Gasteiger charge is -2.39. The lowest BCUT2D eigenvalue weighted by Crippen LogP contribution is -2.65. The first-order valence-corrected chi connectivity index (χ1v) is 11.0. The number of hydrogen-bond donors (Lipinski definition) is 3. The van der Waals surface area contributed by atoms with E-state index in [-0.39, 0.29) is 4.90 Å². The molecule has 4 N–H and O–H groups in total. The SMILES string of the molecule is NS(=O)(=O)c1ccc(N2NC(C(=O)O)(N3CCOCC3)C=C2c2ccc(F)cc2)cc1. The van der Waals surface area contributed by atoms with E-state index >= 15 is 0 Å². The zero-order valence-corrected chi connectivity index (χ0v) is 17.2. The lowest BCUT2D eigenvalue weighted by atomic mass is 10.0. The Morgan fingerprint density at radius 3 is 2.26 bits per heavy atom. The molecule has 9 nitrogen and oxygen atoms in total. The lowest BCUT2D eigenvalue weighted by molar-refractivity contribution is -0.152. The van der Waals surface area contributed by atoms with Crippen molar-refractivity contribution in [3.8, 4) is 0 Å². The van der Waals surface area contributed by atoms with E-state index < -0.39 is 27.5 Å². The van der Waals surface area contributed by atoms with Gasteiger partial charge in [-0.15, -0.1) is 0 Å². The largest absolute Gasteiger partial charge is 0.479 e. The second kappa shape index (κ2) is 8.02. The van der Waals surface area contributed by atoms with Gasteiger partial charge in [-0.3, -0.25) is 9.91 Å². The zero-order chi connectivity index (χ0) is 22.2. The zero-order valence-electron chi connectivity index (χ0n) is 16.4. The van der Waals surface area contributed by atoms with Gasteiger partial charge >= 0.3 is 5.97 Å². The van der Waals surface area contributed by atoms with Crippen LogP contribution in [0.25, 0.3) is 5.70 Å². The fraction of sp³-hybridized carbons (Fsp3) is 0.250. The maximum absolute atomic E-state index is 13.5. The minimum absolute atomic E-state index is 0.0690. The van der Waals surface area contributed by atoms with Crippen molar-refractivity contribution in [2.24, 2.45) is 5.14 Å². The maximum atomic E-state index is 13.5. The molecule has 2 aromatic rings. The molecule has 2 aromatic carbocycles. The van der Waals surface area contributed by atoms with Gasteiger partial charge in [0.05, 0.1) is 29.5 Å². The van der Waals surface area contributed by atoms with Crippen molar-refractivity contribution in [2.75, 3.05) is 31.3 Å². The molecular formula is C20H21FN4O5S. The number of halogens is 1. The highest BCUT2D eigenvalue weighted by Crippen LogP contribution is 2.36. The average molecular weight is 448 g/mol. The van der Waals surface area contributed by atoms with Gasteiger partial charge in [0.2, 0.25) is 15.7 Å². The highest BCUT2D eigenvalue weighted by molar-refractivity contribution is 7.89. The fourth-order valence-electron chi connectivity index (χ4n) is 3.67. The predicted octanol–water partition coefficient (Wildman–Crippen LogP) is 0.952. The van der Waals surface area contributed by atoms with Crippen LogP contribution in [0, 0.1) is 5.82 Å². The predicted molar refractivity (Wildman–Crippen MR) is 111 cm³/mol. The number of nitrogens with one attached hydrogen (secondary N) is 1. The van der Waals surface area contributed by atoms with Gasteiger partial charge in [0.25, 0.3) is 0 Å². The second-order valence-electron chi connectivity index (χ2n) is 7.19. The summed E-state index contributed by atoms with van der Waals surface area (Å²) in [6.45, 7) is 1.56. The number of primary sulfonamides is 1. The summed E-state index contributed by atoms with van der Waals surface area (Å²) in [6.07, 6.45) is 1.57. The molecule has 1 unspecified atom stereocenters. The fourth-order valence-corrected chi connectivity index (χ4v) is 4.19.